The van der Waals surface area contributed by atoms with Crippen LogP contribution >= 0.6 is 15.9 Å². The van der Waals surface area contributed by atoms with Gasteiger partial charge in [-0.15, -0.1) is 0 Å². The highest BCUT2D eigenvalue weighted by Crippen LogP contribution is 2.36. The number of fused-ring (bicyclic) bond motifs is 1. The Bertz CT molecular complexity index is 963. The van der Waals surface area contributed by atoms with Gasteiger partial charge in [-0.3, -0.25) is 9.52 Å². The summed E-state index contributed by atoms with van der Waals surface area (Å²) in [6, 6.07) is 6.85. The van der Waals surface area contributed by atoms with Gasteiger partial charge >= 0.3 is 0 Å². The van der Waals surface area contributed by atoms with Gasteiger partial charge in [0.15, 0.2) is 0 Å². The van der Waals surface area contributed by atoms with Crippen molar-refractivity contribution in [3.63, 3.8) is 0 Å². The number of carbonyl (C=O) groups is 1. The molecule has 6 nitrogen and oxygen atoms in total. The van der Waals surface area contributed by atoms with Crippen molar-refractivity contribution in [2.75, 3.05) is 16.6 Å². The molecule has 1 aliphatic rings. The molecule has 1 heterocycles. The topological polar surface area (TPSA) is 84.5 Å². The molecule has 0 spiro atoms. The summed E-state index contributed by atoms with van der Waals surface area (Å²) in [5.41, 5.74) is 0.909. The second kappa shape index (κ2) is 6.64. The minimum Gasteiger partial charge on any atom is -0.491 e. The molecular formula is C16H14BrFN2O4S. The van der Waals surface area contributed by atoms with Crippen LogP contribution in [0.3, 0.4) is 0 Å². The van der Waals surface area contributed by atoms with Crippen molar-refractivity contribution in [1.29, 1.82) is 0 Å². The molecule has 0 aliphatic carbocycles. The van der Waals surface area contributed by atoms with Crippen LogP contribution in [-0.2, 0) is 14.8 Å². The van der Waals surface area contributed by atoms with Gasteiger partial charge in [0.2, 0.25) is 5.91 Å². The van der Waals surface area contributed by atoms with Crippen LogP contribution < -0.4 is 14.8 Å². The van der Waals surface area contributed by atoms with Crippen LogP contribution in [0.2, 0.25) is 0 Å². The van der Waals surface area contributed by atoms with Gasteiger partial charge in [-0.05, 0) is 46.6 Å². The van der Waals surface area contributed by atoms with E-state index in [0.717, 1.165) is 6.07 Å². The van der Waals surface area contributed by atoms with Crippen molar-refractivity contribution in [2.45, 2.75) is 18.2 Å². The first-order valence-electron chi connectivity index (χ1n) is 7.31. The molecule has 0 fully saturated rings. The molecule has 25 heavy (non-hydrogen) atoms. The van der Waals surface area contributed by atoms with Gasteiger partial charge in [-0.25, -0.2) is 12.8 Å². The molecule has 3 rings (SSSR count). The second-order valence-corrected chi connectivity index (χ2v) is 8.00. The summed E-state index contributed by atoms with van der Waals surface area (Å²) in [6.45, 7) is 1.73. The first-order valence-corrected chi connectivity index (χ1v) is 9.59. The maximum absolute atomic E-state index is 13.6. The number of nitrogens with one attached hydrogen (secondary N) is 2. The van der Waals surface area contributed by atoms with E-state index in [4.69, 9.17) is 4.74 Å². The molecule has 0 aromatic heterocycles. The van der Waals surface area contributed by atoms with Crippen LogP contribution in [0.1, 0.15) is 12.0 Å². The number of anilines is 2. The summed E-state index contributed by atoms with van der Waals surface area (Å²) in [7, 11) is -3.99. The third-order valence-corrected chi connectivity index (χ3v) is 5.95. The van der Waals surface area contributed by atoms with Crippen LogP contribution in [0.15, 0.2) is 39.7 Å². The summed E-state index contributed by atoms with van der Waals surface area (Å²) >= 11 is 3.20. The molecule has 0 saturated heterocycles. The zero-order valence-corrected chi connectivity index (χ0v) is 15.5. The molecule has 1 amide bonds. The standard InChI is InChI=1S/C16H14BrFN2O4S/c1-9-2-3-10(6-12(9)18)20-25(22,23)15-8-14-13(7-11(15)17)19-16(21)4-5-24-14/h2-3,6-8,20H,4-5H2,1H3,(H,19,21). The fourth-order valence-corrected chi connectivity index (χ4v) is 4.40. The lowest BCUT2D eigenvalue weighted by atomic mass is 10.2. The van der Waals surface area contributed by atoms with E-state index in [2.05, 4.69) is 26.0 Å². The first-order chi connectivity index (χ1) is 11.8. The van der Waals surface area contributed by atoms with Gasteiger partial charge in [0, 0.05) is 10.5 Å². The summed E-state index contributed by atoms with van der Waals surface area (Å²) in [4.78, 5) is 11.5. The molecule has 0 radical (unpaired) electrons. The monoisotopic (exact) mass is 428 g/mol. The third-order valence-electron chi connectivity index (χ3n) is 3.61. The number of aryl methyl sites for hydroxylation is 1. The van der Waals surface area contributed by atoms with Gasteiger partial charge < -0.3 is 10.1 Å². The molecule has 0 atom stereocenters. The third kappa shape index (κ3) is 3.77. The molecule has 1 aliphatic heterocycles. The molecule has 132 valence electrons. The largest absolute Gasteiger partial charge is 0.491 e. The Balaban J connectivity index is 1.98. The summed E-state index contributed by atoms with van der Waals surface area (Å²) in [5, 5.41) is 2.65. The zero-order valence-electron chi connectivity index (χ0n) is 13.1. The van der Waals surface area contributed by atoms with Gasteiger partial charge in [0.25, 0.3) is 10.0 Å². The van der Waals surface area contributed by atoms with Crippen molar-refractivity contribution in [1.82, 2.24) is 0 Å². The SMILES string of the molecule is Cc1ccc(NS(=O)(=O)c2cc3c(cc2Br)NC(=O)CCO3)cc1F. The Kier molecular flexibility index (Phi) is 4.70. The highest BCUT2D eigenvalue weighted by molar-refractivity contribution is 9.10. The number of amides is 1. The van der Waals surface area contributed by atoms with Crippen molar-refractivity contribution in [3.8, 4) is 5.75 Å². The Hall–Kier alpha value is -2.13. The molecule has 2 aromatic carbocycles. The molecule has 0 bridgehead atoms. The van der Waals surface area contributed by atoms with Crippen LogP contribution in [0, 0.1) is 12.7 Å². The fourth-order valence-electron chi connectivity index (χ4n) is 2.29. The maximum Gasteiger partial charge on any atom is 0.263 e. The minimum atomic E-state index is -3.99. The van der Waals surface area contributed by atoms with Gasteiger partial charge in [0.1, 0.15) is 16.5 Å². The van der Waals surface area contributed by atoms with Crippen LogP contribution in [-0.4, -0.2) is 20.9 Å². The number of hydrogen-bond acceptors (Lipinski definition) is 4. The van der Waals surface area contributed by atoms with E-state index in [0.29, 0.717) is 11.3 Å². The maximum atomic E-state index is 13.6. The average Bonchev–Trinajstić information content (AvgIpc) is 2.70. The number of benzene rings is 2. The minimum absolute atomic E-state index is 0.0802. The lowest BCUT2D eigenvalue weighted by Gasteiger charge is -2.14. The van der Waals surface area contributed by atoms with E-state index in [-0.39, 0.29) is 39.7 Å². The van der Waals surface area contributed by atoms with Crippen LogP contribution in [0.25, 0.3) is 0 Å². The second-order valence-electron chi connectivity index (χ2n) is 5.49. The van der Waals surface area contributed by atoms with Crippen LogP contribution in [0.5, 0.6) is 5.75 Å². The molecule has 2 aromatic rings. The highest BCUT2D eigenvalue weighted by Gasteiger charge is 2.23. The highest BCUT2D eigenvalue weighted by atomic mass is 79.9. The lowest BCUT2D eigenvalue weighted by Crippen LogP contribution is -2.14. The molecular weight excluding hydrogens is 415 g/mol. The molecule has 0 saturated carbocycles. The Morgan fingerprint density at radius 1 is 1.28 bits per heavy atom. The number of rotatable bonds is 3. The van der Waals surface area contributed by atoms with Crippen molar-refractivity contribution >= 4 is 43.2 Å². The fraction of sp³-hybridized carbons (Fsp3) is 0.188. The Morgan fingerprint density at radius 3 is 2.76 bits per heavy atom. The number of hydrogen-bond donors (Lipinski definition) is 2. The lowest BCUT2D eigenvalue weighted by molar-refractivity contribution is -0.116. The summed E-state index contributed by atoms with van der Waals surface area (Å²) in [6.07, 6.45) is 0.176. The quantitative estimate of drug-likeness (QED) is 0.784. The van der Waals surface area contributed by atoms with E-state index in [1.54, 1.807) is 6.92 Å². The summed E-state index contributed by atoms with van der Waals surface area (Å²) in [5.74, 6) is -0.466. The van der Waals surface area contributed by atoms with Crippen LogP contribution in [0.4, 0.5) is 15.8 Å². The van der Waals surface area contributed by atoms with Crippen molar-refractivity contribution in [3.05, 3.63) is 46.2 Å². The predicted octanol–water partition coefficient (Wildman–Crippen LogP) is 3.42. The van der Waals surface area contributed by atoms with E-state index < -0.39 is 15.8 Å². The average molecular weight is 429 g/mol. The van der Waals surface area contributed by atoms with E-state index in [1.807, 2.05) is 0 Å². The van der Waals surface area contributed by atoms with Crippen molar-refractivity contribution in [2.24, 2.45) is 0 Å². The van der Waals surface area contributed by atoms with Gasteiger partial charge in [-0.2, -0.15) is 0 Å². The van der Waals surface area contributed by atoms with Gasteiger partial charge in [0.05, 0.1) is 24.4 Å². The first kappa shape index (κ1) is 17.7. The van der Waals surface area contributed by atoms with E-state index in [1.165, 1.54) is 24.3 Å². The molecule has 9 heteroatoms. The Labute approximate surface area is 152 Å². The predicted molar refractivity (Wildman–Crippen MR) is 94.8 cm³/mol. The van der Waals surface area contributed by atoms with Crippen molar-refractivity contribution < 1.29 is 22.3 Å². The van der Waals surface area contributed by atoms with Gasteiger partial charge in [-0.1, -0.05) is 6.07 Å². The number of sulfonamides is 1. The molecule has 2 N–H and O–H groups in total. The normalized spacial score (nSPS) is 14.1. The number of ether oxygens (including phenoxy) is 1. The summed E-state index contributed by atoms with van der Waals surface area (Å²) < 4.78 is 47.0. The number of carbonyl (C=O) groups excluding carboxylic acids is 1. The van der Waals surface area contributed by atoms with E-state index >= 15 is 0 Å². The smallest absolute Gasteiger partial charge is 0.263 e. The Morgan fingerprint density at radius 2 is 2.04 bits per heavy atom. The molecule has 0 unspecified atom stereocenters. The number of halogens is 2. The zero-order chi connectivity index (χ0) is 18.2. The van der Waals surface area contributed by atoms with E-state index in [9.17, 15) is 17.6 Å².